The van der Waals surface area contributed by atoms with Gasteiger partial charge in [-0.1, -0.05) is 6.42 Å². The zero-order valence-electron chi connectivity index (χ0n) is 8.42. The van der Waals surface area contributed by atoms with E-state index in [1.807, 2.05) is 6.92 Å². The van der Waals surface area contributed by atoms with Crippen LogP contribution in [0.3, 0.4) is 0 Å². The van der Waals surface area contributed by atoms with Crippen LogP contribution in [0, 0.1) is 6.92 Å². The van der Waals surface area contributed by atoms with Gasteiger partial charge in [0.15, 0.2) is 0 Å². The van der Waals surface area contributed by atoms with Crippen molar-refractivity contribution < 1.29 is 0 Å². The molecule has 0 atom stereocenters. The molecule has 5 heteroatoms. The van der Waals surface area contributed by atoms with Crippen molar-refractivity contribution in [3.8, 4) is 0 Å². The normalized spacial score (nSPS) is 18.4. The van der Waals surface area contributed by atoms with Gasteiger partial charge in [0, 0.05) is 18.7 Å². The van der Waals surface area contributed by atoms with Crippen molar-refractivity contribution in [3.05, 3.63) is 5.56 Å². The Morgan fingerprint density at radius 3 is 2.64 bits per heavy atom. The van der Waals surface area contributed by atoms with E-state index in [4.69, 9.17) is 5.73 Å². The molecule has 2 rings (SSSR count). The van der Waals surface area contributed by atoms with E-state index in [0.29, 0.717) is 5.82 Å². The zero-order valence-corrected chi connectivity index (χ0v) is 9.23. The van der Waals surface area contributed by atoms with Crippen molar-refractivity contribution in [2.24, 2.45) is 0 Å². The number of nitrogens with one attached hydrogen (secondary N) is 1. The summed E-state index contributed by atoms with van der Waals surface area (Å²) in [5.74, 6) is 0.648. The minimum Gasteiger partial charge on any atom is -0.383 e. The van der Waals surface area contributed by atoms with Crippen LogP contribution in [0.4, 0.5) is 10.8 Å². The molecule has 0 bridgehead atoms. The van der Waals surface area contributed by atoms with Crippen LogP contribution in [0.25, 0.3) is 0 Å². The second-order valence-electron chi connectivity index (χ2n) is 3.68. The van der Waals surface area contributed by atoms with Crippen molar-refractivity contribution in [1.29, 1.82) is 0 Å². The molecular formula is C9H16N4S. The Kier molecular flexibility index (Phi) is 2.88. The molecule has 0 spiro atoms. The fourth-order valence-corrected chi connectivity index (χ4v) is 2.34. The monoisotopic (exact) mass is 212 g/mol. The molecular weight excluding hydrogens is 196 g/mol. The van der Waals surface area contributed by atoms with Crippen LogP contribution < -0.4 is 11.2 Å². The number of nitrogens with two attached hydrogens (primary N) is 1. The predicted octanol–water partition coefficient (Wildman–Crippen LogP) is 1.85. The van der Waals surface area contributed by atoms with Crippen molar-refractivity contribution >= 4 is 22.4 Å². The molecule has 2 heterocycles. The lowest BCUT2D eigenvalue weighted by atomic mass is 10.2. The fourth-order valence-electron chi connectivity index (χ4n) is 1.60. The minimum absolute atomic E-state index is 0.648. The van der Waals surface area contributed by atoms with Gasteiger partial charge in [-0.2, -0.15) is 4.37 Å². The molecule has 1 saturated heterocycles. The van der Waals surface area contributed by atoms with E-state index in [2.05, 4.69) is 14.8 Å². The van der Waals surface area contributed by atoms with Crippen molar-refractivity contribution in [2.75, 3.05) is 24.2 Å². The highest BCUT2D eigenvalue weighted by Gasteiger charge is 2.13. The van der Waals surface area contributed by atoms with Gasteiger partial charge in [-0.3, -0.25) is 0 Å². The summed E-state index contributed by atoms with van der Waals surface area (Å²) in [6.07, 6.45) is 3.91. The van der Waals surface area contributed by atoms with E-state index >= 15 is 0 Å². The van der Waals surface area contributed by atoms with Gasteiger partial charge in [0.1, 0.15) is 10.8 Å². The molecule has 4 nitrogen and oxygen atoms in total. The SMILES string of the molecule is Cc1c(N)nsc1NN1CCCCC1. The summed E-state index contributed by atoms with van der Waals surface area (Å²) in [6.45, 7) is 4.25. The molecule has 0 amide bonds. The Morgan fingerprint density at radius 1 is 1.36 bits per heavy atom. The van der Waals surface area contributed by atoms with Crippen LogP contribution in [-0.2, 0) is 0 Å². The number of nitrogens with zero attached hydrogens (tertiary/aromatic N) is 2. The van der Waals surface area contributed by atoms with E-state index in [1.165, 1.54) is 30.8 Å². The summed E-state index contributed by atoms with van der Waals surface area (Å²) < 4.78 is 4.11. The summed E-state index contributed by atoms with van der Waals surface area (Å²) in [6, 6.07) is 0. The quantitative estimate of drug-likeness (QED) is 0.785. The number of piperidine rings is 1. The number of nitrogen functional groups attached to an aromatic ring is 1. The van der Waals surface area contributed by atoms with Gasteiger partial charge < -0.3 is 11.2 Å². The maximum absolute atomic E-state index is 5.69. The molecule has 14 heavy (non-hydrogen) atoms. The maximum Gasteiger partial charge on any atom is 0.142 e. The summed E-state index contributed by atoms with van der Waals surface area (Å²) in [5, 5.41) is 3.34. The lowest BCUT2D eigenvalue weighted by Gasteiger charge is -2.27. The Balaban J connectivity index is 1.99. The molecule has 0 aromatic carbocycles. The third-order valence-electron chi connectivity index (χ3n) is 2.58. The van der Waals surface area contributed by atoms with Gasteiger partial charge in [-0.05, 0) is 31.3 Å². The van der Waals surface area contributed by atoms with Gasteiger partial charge in [0.05, 0.1) is 0 Å². The highest BCUT2D eigenvalue weighted by Crippen LogP contribution is 2.26. The number of rotatable bonds is 2. The summed E-state index contributed by atoms with van der Waals surface area (Å²) >= 11 is 1.44. The first-order valence-electron chi connectivity index (χ1n) is 5.01. The molecule has 0 saturated carbocycles. The van der Waals surface area contributed by atoms with E-state index in [1.54, 1.807) is 0 Å². The van der Waals surface area contributed by atoms with Crippen molar-refractivity contribution in [1.82, 2.24) is 9.38 Å². The second kappa shape index (κ2) is 4.14. The molecule has 0 aliphatic carbocycles. The van der Waals surface area contributed by atoms with Gasteiger partial charge in [-0.25, -0.2) is 5.01 Å². The van der Waals surface area contributed by atoms with Crippen LogP contribution in [-0.4, -0.2) is 22.5 Å². The molecule has 0 unspecified atom stereocenters. The average molecular weight is 212 g/mol. The molecule has 1 aromatic heterocycles. The Hall–Kier alpha value is -0.810. The standard InChI is InChI=1S/C9H16N4S/c1-7-8(10)12-14-9(7)11-13-5-3-2-4-6-13/h11H,2-6H2,1H3,(H2,10,12). The van der Waals surface area contributed by atoms with Crippen LogP contribution >= 0.6 is 11.5 Å². The van der Waals surface area contributed by atoms with Crippen molar-refractivity contribution in [3.63, 3.8) is 0 Å². The minimum atomic E-state index is 0.648. The highest BCUT2D eigenvalue weighted by atomic mass is 32.1. The number of hydrogen-bond acceptors (Lipinski definition) is 5. The Morgan fingerprint density at radius 2 is 2.07 bits per heavy atom. The number of aromatic nitrogens is 1. The molecule has 78 valence electrons. The highest BCUT2D eigenvalue weighted by molar-refractivity contribution is 7.10. The number of hydrazine groups is 1. The van der Waals surface area contributed by atoms with Gasteiger partial charge in [0.2, 0.25) is 0 Å². The summed E-state index contributed by atoms with van der Waals surface area (Å²) in [7, 11) is 0. The number of anilines is 2. The smallest absolute Gasteiger partial charge is 0.142 e. The van der Waals surface area contributed by atoms with E-state index < -0.39 is 0 Å². The largest absolute Gasteiger partial charge is 0.383 e. The summed E-state index contributed by atoms with van der Waals surface area (Å²) in [5.41, 5.74) is 10.1. The van der Waals surface area contributed by atoms with E-state index in [-0.39, 0.29) is 0 Å². The maximum atomic E-state index is 5.69. The fraction of sp³-hybridized carbons (Fsp3) is 0.667. The molecule has 0 radical (unpaired) electrons. The Labute approximate surface area is 88.2 Å². The van der Waals surface area contributed by atoms with Crippen LogP contribution in [0.2, 0.25) is 0 Å². The Bertz CT molecular complexity index is 304. The van der Waals surface area contributed by atoms with Crippen molar-refractivity contribution in [2.45, 2.75) is 26.2 Å². The lowest BCUT2D eigenvalue weighted by molar-refractivity contribution is 0.274. The number of hydrogen-bond donors (Lipinski definition) is 2. The van der Waals surface area contributed by atoms with E-state index in [9.17, 15) is 0 Å². The van der Waals surface area contributed by atoms with E-state index in [0.717, 1.165) is 23.7 Å². The van der Waals surface area contributed by atoms with Crippen LogP contribution in [0.1, 0.15) is 24.8 Å². The van der Waals surface area contributed by atoms with Gasteiger partial charge in [0.25, 0.3) is 0 Å². The molecule has 1 aliphatic heterocycles. The first-order chi connectivity index (χ1) is 6.77. The lowest BCUT2D eigenvalue weighted by Crippen LogP contribution is -2.34. The first-order valence-corrected chi connectivity index (χ1v) is 5.78. The van der Waals surface area contributed by atoms with Gasteiger partial charge >= 0.3 is 0 Å². The van der Waals surface area contributed by atoms with Crippen LogP contribution in [0.5, 0.6) is 0 Å². The first kappa shape index (κ1) is 9.73. The van der Waals surface area contributed by atoms with Crippen LogP contribution in [0.15, 0.2) is 0 Å². The zero-order chi connectivity index (χ0) is 9.97. The molecule has 3 N–H and O–H groups in total. The summed E-state index contributed by atoms with van der Waals surface area (Å²) in [4.78, 5) is 0. The average Bonchev–Trinajstić information content (AvgIpc) is 2.52. The molecule has 1 fully saturated rings. The topological polar surface area (TPSA) is 54.2 Å². The molecule has 1 aliphatic rings. The third-order valence-corrected chi connectivity index (χ3v) is 3.44. The molecule has 1 aromatic rings. The third kappa shape index (κ3) is 1.99. The second-order valence-corrected chi connectivity index (χ2v) is 4.45. The van der Waals surface area contributed by atoms with Gasteiger partial charge in [-0.15, -0.1) is 0 Å². The predicted molar refractivity (Wildman–Crippen MR) is 60.3 cm³/mol.